The number of fused-ring (bicyclic) bond motifs is 1. The highest BCUT2D eigenvalue weighted by Crippen LogP contribution is 2.22. The monoisotopic (exact) mass is 344 g/mol. The van der Waals surface area contributed by atoms with Gasteiger partial charge in [0.05, 0.1) is 23.2 Å². The van der Waals surface area contributed by atoms with Crippen LogP contribution in [-0.4, -0.2) is 20.8 Å². The van der Waals surface area contributed by atoms with Crippen molar-refractivity contribution in [3.05, 3.63) is 67.1 Å². The fourth-order valence-electron chi connectivity index (χ4n) is 2.33. The van der Waals surface area contributed by atoms with E-state index < -0.39 is 10.8 Å². The molecule has 2 aromatic heterocycles. The molecule has 8 nitrogen and oxygen atoms in total. The normalized spacial score (nSPS) is 10.7. The quantitative estimate of drug-likeness (QED) is 0.555. The van der Waals surface area contributed by atoms with Crippen LogP contribution in [0.15, 0.2) is 35.4 Å². The molecule has 0 bridgehead atoms. The summed E-state index contributed by atoms with van der Waals surface area (Å²) in [7, 11) is 0. The number of nitrogens with zero attached hydrogens (tertiary/aromatic N) is 2. The lowest BCUT2D eigenvalue weighted by molar-refractivity contribution is -0.385. The fraction of sp³-hybridized carbons (Fsp3) is 0.133. The molecule has 0 radical (unpaired) electrons. The first kappa shape index (κ1) is 15.8. The van der Waals surface area contributed by atoms with E-state index >= 15 is 0 Å². The van der Waals surface area contributed by atoms with E-state index in [2.05, 4.69) is 15.3 Å². The zero-order chi connectivity index (χ0) is 17.3. The number of nitro groups is 1. The molecule has 0 aliphatic rings. The zero-order valence-electron chi connectivity index (χ0n) is 12.5. The van der Waals surface area contributed by atoms with Crippen LogP contribution in [0.4, 0.5) is 5.69 Å². The molecule has 0 saturated carbocycles. The van der Waals surface area contributed by atoms with Gasteiger partial charge in [-0.2, -0.15) is 0 Å². The smallest absolute Gasteiger partial charge is 0.273 e. The first-order valence-corrected chi connectivity index (χ1v) is 7.77. The molecule has 0 aliphatic heterocycles. The van der Waals surface area contributed by atoms with Crippen molar-refractivity contribution in [1.82, 2.24) is 15.3 Å². The second kappa shape index (κ2) is 6.20. The highest BCUT2D eigenvalue weighted by Gasteiger charge is 2.18. The molecule has 0 fully saturated rings. The summed E-state index contributed by atoms with van der Waals surface area (Å²) >= 11 is 1.31. The van der Waals surface area contributed by atoms with Gasteiger partial charge in [-0.05, 0) is 19.1 Å². The van der Waals surface area contributed by atoms with Crippen molar-refractivity contribution in [1.29, 1.82) is 0 Å². The van der Waals surface area contributed by atoms with Crippen LogP contribution in [-0.2, 0) is 6.54 Å². The van der Waals surface area contributed by atoms with Gasteiger partial charge in [0, 0.05) is 22.1 Å². The average Bonchev–Trinajstić information content (AvgIpc) is 2.97. The van der Waals surface area contributed by atoms with Crippen molar-refractivity contribution in [2.24, 2.45) is 0 Å². The number of hydrogen-bond donors (Lipinski definition) is 2. The summed E-state index contributed by atoms with van der Waals surface area (Å²) in [5, 5.41) is 14.1. The van der Waals surface area contributed by atoms with Gasteiger partial charge >= 0.3 is 0 Å². The lowest BCUT2D eigenvalue weighted by atomic mass is 10.1. The summed E-state index contributed by atoms with van der Waals surface area (Å²) < 4.78 is 0. The molecular weight excluding hydrogens is 332 g/mol. The largest absolute Gasteiger partial charge is 0.347 e. The minimum atomic E-state index is -0.518. The molecule has 0 unspecified atom stereocenters. The van der Waals surface area contributed by atoms with Crippen LogP contribution < -0.4 is 10.9 Å². The van der Waals surface area contributed by atoms with Gasteiger partial charge in [0.25, 0.3) is 17.2 Å². The van der Waals surface area contributed by atoms with E-state index in [9.17, 15) is 19.7 Å². The first-order chi connectivity index (χ1) is 11.5. The molecule has 24 heavy (non-hydrogen) atoms. The van der Waals surface area contributed by atoms with Gasteiger partial charge in [0.1, 0.15) is 4.83 Å². The second-order valence-corrected chi connectivity index (χ2v) is 6.17. The summed E-state index contributed by atoms with van der Waals surface area (Å²) in [5.74, 6) is -0.407. The van der Waals surface area contributed by atoms with Crippen LogP contribution in [0.25, 0.3) is 10.2 Å². The molecule has 0 spiro atoms. The maximum Gasteiger partial charge on any atom is 0.273 e. The topological polar surface area (TPSA) is 118 Å². The number of H-pyrrole nitrogens is 1. The zero-order valence-corrected chi connectivity index (χ0v) is 13.3. The van der Waals surface area contributed by atoms with Crippen molar-refractivity contribution >= 4 is 33.1 Å². The van der Waals surface area contributed by atoms with Crippen molar-refractivity contribution in [2.75, 3.05) is 0 Å². The maximum absolute atomic E-state index is 12.3. The number of nitrogens with one attached hydrogen (secondary N) is 2. The lowest BCUT2D eigenvalue weighted by Gasteiger charge is -2.07. The van der Waals surface area contributed by atoms with Crippen molar-refractivity contribution in [3.63, 3.8) is 0 Å². The number of rotatable bonds is 4. The number of aromatic nitrogens is 2. The minimum absolute atomic E-state index is 0.0970. The molecule has 0 aliphatic carbocycles. The molecule has 3 rings (SSSR count). The Morgan fingerprint density at radius 3 is 2.96 bits per heavy atom. The number of aromatic amines is 1. The molecule has 9 heteroatoms. The van der Waals surface area contributed by atoms with Gasteiger partial charge in [-0.25, -0.2) is 4.98 Å². The number of amides is 1. The van der Waals surface area contributed by atoms with Gasteiger partial charge in [-0.1, -0.05) is 6.07 Å². The van der Waals surface area contributed by atoms with E-state index in [0.717, 1.165) is 4.88 Å². The van der Waals surface area contributed by atoms with Crippen LogP contribution in [0.3, 0.4) is 0 Å². The fourth-order valence-corrected chi connectivity index (χ4v) is 3.27. The standard InChI is InChI=1S/C15H12N4O4S/c1-8-10(3-2-4-12(8)19(22)23)13(20)16-6-9-5-11-14(21)17-7-18-15(11)24-9/h2-5,7H,6H2,1H3,(H,16,20)(H,17,18,21). The molecule has 122 valence electrons. The number of hydrogen-bond acceptors (Lipinski definition) is 6. The molecule has 1 aromatic carbocycles. The molecule has 2 N–H and O–H groups in total. The SMILES string of the molecule is Cc1c(C(=O)NCc2cc3c(=O)[nH]cnc3s2)cccc1[N+](=O)[O-]. The third kappa shape index (κ3) is 2.88. The van der Waals surface area contributed by atoms with E-state index in [0.29, 0.717) is 15.8 Å². The predicted molar refractivity (Wildman–Crippen MR) is 89.2 cm³/mol. The van der Waals surface area contributed by atoms with Crippen molar-refractivity contribution < 1.29 is 9.72 Å². The molecule has 2 heterocycles. The number of thiophene rings is 1. The van der Waals surface area contributed by atoms with Crippen LogP contribution in [0, 0.1) is 17.0 Å². The number of carbonyl (C=O) groups excluding carboxylic acids is 1. The summed E-state index contributed by atoms with van der Waals surface area (Å²) in [6.45, 7) is 1.75. The summed E-state index contributed by atoms with van der Waals surface area (Å²) in [5.41, 5.74) is 0.235. The van der Waals surface area contributed by atoms with E-state index in [1.54, 1.807) is 6.07 Å². The first-order valence-electron chi connectivity index (χ1n) is 6.95. The van der Waals surface area contributed by atoms with Gasteiger partial charge in [0.15, 0.2) is 0 Å². The third-order valence-corrected chi connectivity index (χ3v) is 4.60. The second-order valence-electron chi connectivity index (χ2n) is 5.05. The molecule has 0 saturated heterocycles. The van der Waals surface area contributed by atoms with Crippen LogP contribution in [0.1, 0.15) is 20.8 Å². The molecular formula is C15H12N4O4S. The molecule has 1 amide bonds. The Kier molecular flexibility index (Phi) is 4.09. The van der Waals surface area contributed by atoms with Gasteiger partial charge < -0.3 is 10.3 Å². The van der Waals surface area contributed by atoms with Gasteiger partial charge in [0.2, 0.25) is 0 Å². The molecule has 0 atom stereocenters. The highest BCUT2D eigenvalue weighted by atomic mass is 32.1. The summed E-state index contributed by atoms with van der Waals surface area (Å²) in [6.07, 6.45) is 1.33. The Labute approximate surface area is 139 Å². The Bertz CT molecular complexity index is 1010. The van der Waals surface area contributed by atoms with Gasteiger partial charge in [-0.3, -0.25) is 19.7 Å². The molecule has 3 aromatic rings. The number of nitro benzene ring substituents is 1. The number of benzene rings is 1. The maximum atomic E-state index is 12.3. The Morgan fingerprint density at radius 1 is 1.46 bits per heavy atom. The summed E-state index contributed by atoms with van der Waals surface area (Å²) in [6, 6.07) is 6.04. The Balaban J connectivity index is 1.80. The van der Waals surface area contributed by atoms with E-state index in [4.69, 9.17) is 0 Å². The Morgan fingerprint density at radius 2 is 2.25 bits per heavy atom. The van der Waals surface area contributed by atoms with E-state index in [-0.39, 0.29) is 23.4 Å². The van der Waals surface area contributed by atoms with E-state index in [1.165, 1.54) is 42.8 Å². The lowest BCUT2D eigenvalue weighted by Crippen LogP contribution is -2.23. The Hall–Kier alpha value is -3.07. The predicted octanol–water partition coefficient (Wildman–Crippen LogP) is 2.13. The number of carbonyl (C=O) groups is 1. The van der Waals surface area contributed by atoms with Crippen LogP contribution in [0.5, 0.6) is 0 Å². The van der Waals surface area contributed by atoms with Crippen LogP contribution in [0.2, 0.25) is 0 Å². The van der Waals surface area contributed by atoms with Crippen molar-refractivity contribution in [2.45, 2.75) is 13.5 Å². The third-order valence-electron chi connectivity index (χ3n) is 3.56. The van der Waals surface area contributed by atoms with Crippen molar-refractivity contribution in [3.8, 4) is 0 Å². The van der Waals surface area contributed by atoms with E-state index in [1.807, 2.05) is 0 Å². The minimum Gasteiger partial charge on any atom is -0.347 e. The van der Waals surface area contributed by atoms with Gasteiger partial charge in [-0.15, -0.1) is 11.3 Å². The van der Waals surface area contributed by atoms with Crippen LogP contribution >= 0.6 is 11.3 Å². The summed E-state index contributed by atoms with van der Waals surface area (Å²) in [4.78, 5) is 42.3. The average molecular weight is 344 g/mol. The highest BCUT2D eigenvalue weighted by molar-refractivity contribution is 7.18.